The van der Waals surface area contributed by atoms with Crippen LogP contribution in [0.2, 0.25) is 0 Å². The molecule has 4 rings (SSSR count). The van der Waals surface area contributed by atoms with Gasteiger partial charge in [0.25, 0.3) is 5.56 Å². The maximum atomic E-state index is 13.8. The van der Waals surface area contributed by atoms with Gasteiger partial charge in [-0.05, 0) is 69.2 Å². The first-order valence-electron chi connectivity index (χ1n) is 12.6. The lowest BCUT2D eigenvalue weighted by Gasteiger charge is -2.25. The van der Waals surface area contributed by atoms with Gasteiger partial charge in [0.2, 0.25) is 0 Å². The van der Waals surface area contributed by atoms with Crippen molar-refractivity contribution in [1.82, 2.24) is 4.57 Å². The largest absolute Gasteiger partial charge is 0.494 e. The second-order valence-electron chi connectivity index (χ2n) is 9.05. The van der Waals surface area contributed by atoms with Gasteiger partial charge in [-0.2, -0.15) is 0 Å². The predicted molar refractivity (Wildman–Crippen MR) is 151 cm³/mol. The summed E-state index contributed by atoms with van der Waals surface area (Å²) in [6, 6.07) is 12.1. The number of nitrogens with zero attached hydrogens (tertiary/aromatic N) is 2. The van der Waals surface area contributed by atoms with Crippen molar-refractivity contribution in [3.05, 3.63) is 97.2 Å². The van der Waals surface area contributed by atoms with Crippen LogP contribution in [0.3, 0.4) is 0 Å². The zero-order chi connectivity index (χ0) is 28.1. The van der Waals surface area contributed by atoms with E-state index in [2.05, 4.69) is 11.6 Å². The summed E-state index contributed by atoms with van der Waals surface area (Å²) in [6.45, 7) is 11.8. The fourth-order valence-corrected chi connectivity index (χ4v) is 5.33. The maximum Gasteiger partial charge on any atom is 0.338 e. The van der Waals surface area contributed by atoms with Crippen LogP contribution in [0.1, 0.15) is 44.9 Å². The molecule has 0 saturated carbocycles. The smallest absolute Gasteiger partial charge is 0.338 e. The van der Waals surface area contributed by atoms with Gasteiger partial charge in [0.1, 0.15) is 12.4 Å². The Bertz CT molecular complexity index is 1580. The molecule has 0 aliphatic carbocycles. The number of carbonyl (C=O) groups is 1. The van der Waals surface area contributed by atoms with E-state index in [4.69, 9.17) is 18.9 Å². The number of thiazole rings is 1. The molecule has 0 saturated heterocycles. The summed E-state index contributed by atoms with van der Waals surface area (Å²) in [6.07, 6.45) is 3.11. The number of ether oxygens (including phenoxy) is 4. The molecule has 0 radical (unpaired) electrons. The fraction of sp³-hybridized carbons (Fsp3) is 0.300. The predicted octanol–water partition coefficient (Wildman–Crippen LogP) is 4.16. The molecule has 0 unspecified atom stereocenters. The van der Waals surface area contributed by atoms with E-state index in [0.29, 0.717) is 51.1 Å². The summed E-state index contributed by atoms with van der Waals surface area (Å²) in [5, 5.41) is 0. The van der Waals surface area contributed by atoms with E-state index in [1.807, 2.05) is 37.3 Å². The van der Waals surface area contributed by atoms with Crippen LogP contribution in [-0.2, 0) is 9.53 Å². The molecular weight excluding hydrogens is 516 g/mol. The number of hydrogen-bond acceptors (Lipinski definition) is 8. The summed E-state index contributed by atoms with van der Waals surface area (Å²) >= 11 is 1.26. The van der Waals surface area contributed by atoms with Gasteiger partial charge in [0.15, 0.2) is 16.3 Å². The summed E-state index contributed by atoms with van der Waals surface area (Å²) in [5.74, 6) is 1.32. The Morgan fingerprint density at radius 3 is 2.54 bits per heavy atom. The van der Waals surface area contributed by atoms with Gasteiger partial charge < -0.3 is 18.9 Å². The van der Waals surface area contributed by atoms with Crippen molar-refractivity contribution in [3.63, 3.8) is 0 Å². The second kappa shape index (κ2) is 12.2. The normalized spacial score (nSPS) is 15.0. The van der Waals surface area contributed by atoms with Gasteiger partial charge in [0, 0.05) is 0 Å². The average Bonchev–Trinajstić information content (AvgIpc) is 3.21. The molecule has 1 aromatic heterocycles. The Morgan fingerprint density at radius 2 is 1.90 bits per heavy atom. The van der Waals surface area contributed by atoms with Crippen LogP contribution in [-0.4, -0.2) is 37.0 Å². The highest BCUT2D eigenvalue weighted by molar-refractivity contribution is 7.07. The summed E-state index contributed by atoms with van der Waals surface area (Å²) in [7, 11) is 1.56. The molecular formula is C30H32N2O6S. The summed E-state index contributed by atoms with van der Waals surface area (Å²) < 4.78 is 24.3. The van der Waals surface area contributed by atoms with Crippen molar-refractivity contribution < 1.29 is 23.7 Å². The Morgan fingerprint density at radius 1 is 1.15 bits per heavy atom. The molecule has 39 heavy (non-hydrogen) atoms. The van der Waals surface area contributed by atoms with Crippen LogP contribution >= 0.6 is 11.3 Å². The molecule has 9 heteroatoms. The fourth-order valence-electron chi connectivity index (χ4n) is 4.28. The van der Waals surface area contributed by atoms with Gasteiger partial charge in [-0.25, -0.2) is 9.79 Å². The minimum absolute atomic E-state index is 0.258. The molecule has 2 heterocycles. The van der Waals surface area contributed by atoms with E-state index in [-0.39, 0.29) is 11.7 Å². The number of aromatic nitrogens is 1. The lowest BCUT2D eigenvalue weighted by molar-refractivity contribution is -0.143. The summed E-state index contributed by atoms with van der Waals surface area (Å²) in [4.78, 5) is 32.2. The van der Waals surface area contributed by atoms with Crippen LogP contribution < -0.4 is 29.1 Å². The number of rotatable bonds is 10. The zero-order valence-electron chi connectivity index (χ0n) is 22.7. The van der Waals surface area contributed by atoms with Gasteiger partial charge in [-0.15, -0.1) is 0 Å². The topological polar surface area (TPSA) is 88.4 Å². The average molecular weight is 549 g/mol. The van der Waals surface area contributed by atoms with E-state index >= 15 is 0 Å². The Balaban J connectivity index is 1.86. The van der Waals surface area contributed by atoms with Crippen LogP contribution in [0.4, 0.5) is 0 Å². The number of benzene rings is 2. The highest BCUT2D eigenvalue weighted by Crippen LogP contribution is 2.32. The van der Waals surface area contributed by atoms with E-state index in [9.17, 15) is 9.59 Å². The number of hydrogen-bond donors (Lipinski definition) is 0. The molecule has 1 atom stereocenters. The minimum Gasteiger partial charge on any atom is -0.494 e. The van der Waals surface area contributed by atoms with Crippen molar-refractivity contribution >= 4 is 23.4 Å². The number of allylic oxidation sites excluding steroid dienone is 1. The lowest BCUT2D eigenvalue weighted by Crippen LogP contribution is -2.40. The third-order valence-electron chi connectivity index (χ3n) is 5.93. The third-order valence-corrected chi connectivity index (χ3v) is 6.92. The highest BCUT2D eigenvalue weighted by atomic mass is 32.1. The molecule has 204 valence electrons. The second-order valence-corrected chi connectivity index (χ2v) is 10.1. The van der Waals surface area contributed by atoms with Crippen molar-refractivity contribution in [2.24, 2.45) is 4.99 Å². The third kappa shape index (κ3) is 5.98. The molecule has 1 aliphatic heterocycles. The van der Waals surface area contributed by atoms with E-state index in [0.717, 1.165) is 11.1 Å². The van der Waals surface area contributed by atoms with Gasteiger partial charge in [0.05, 0.1) is 41.7 Å². The number of esters is 1. The molecule has 0 fully saturated rings. The zero-order valence-corrected chi connectivity index (χ0v) is 23.5. The SMILES string of the molecule is C=CCOc1ccc(/C=c2/sc3n(c2=O)[C@@H](c2ccc(OCC)cc2)C(C(=O)OC(C)C)=C(C)N=3)cc1OC. The Kier molecular flexibility index (Phi) is 8.71. The van der Waals surface area contributed by atoms with Gasteiger partial charge in [-0.3, -0.25) is 9.36 Å². The maximum absolute atomic E-state index is 13.8. The van der Waals surface area contributed by atoms with Gasteiger partial charge in [-0.1, -0.05) is 42.2 Å². The standard InChI is InChI=1S/C30H32N2O6S/c1-7-15-37-23-14-9-20(16-24(23)35-6)17-25-28(33)32-27(21-10-12-22(13-11-21)36-8-2)26(29(34)38-18(3)4)19(5)31-30(32)39-25/h7,9-14,16-18,27H,1,8,15H2,2-6H3/b25-17+/t27-/m0/s1. The van der Waals surface area contributed by atoms with Crippen molar-refractivity contribution in [3.8, 4) is 17.2 Å². The molecule has 1 aliphatic rings. The van der Waals surface area contributed by atoms with E-state index in [1.54, 1.807) is 56.7 Å². The number of fused-ring (bicyclic) bond motifs is 1. The Hall–Kier alpha value is -4.11. The molecule has 3 aromatic rings. The minimum atomic E-state index is -0.699. The first kappa shape index (κ1) is 27.9. The number of carbonyl (C=O) groups excluding carboxylic acids is 1. The first-order valence-corrected chi connectivity index (χ1v) is 13.5. The van der Waals surface area contributed by atoms with Crippen LogP contribution in [0.25, 0.3) is 6.08 Å². The summed E-state index contributed by atoms with van der Waals surface area (Å²) in [5.41, 5.74) is 2.10. The van der Waals surface area contributed by atoms with E-state index < -0.39 is 12.0 Å². The van der Waals surface area contributed by atoms with Crippen molar-refractivity contribution in [1.29, 1.82) is 0 Å². The quantitative estimate of drug-likeness (QED) is 0.279. The van der Waals surface area contributed by atoms with Crippen molar-refractivity contribution in [2.75, 3.05) is 20.3 Å². The Labute approximate surface area is 231 Å². The molecule has 0 spiro atoms. The van der Waals surface area contributed by atoms with Crippen LogP contribution in [0.5, 0.6) is 17.2 Å². The lowest BCUT2D eigenvalue weighted by atomic mass is 9.96. The monoisotopic (exact) mass is 548 g/mol. The first-order chi connectivity index (χ1) is 18.8. The van der Waals surface area contributed by atoms with E-state index in [1.165, 1.54) is 11.3 Å². The van der Waals surface area contributed by atoms with Gasteiger partial charge >= 0.3 is 5.97 Å². The van der Waals surface area contributed by atoms with Crippen LogP contribution in [0, 0.1) is 0 Å². The van der Waals surface area contributed by atoms with Crippen LogP contribution in [0.15, 0.2) is 76.2 Å². The number of methoxy groups -OCH3 is 1. The molecule has 8 nitrogen and oxygen atoms in total. The molecule has 0 amide bonds. The molecule has 0 bridgehead atoms. The van der Waals surface area contributed by atoms with Crippen molar-refractivity contribution in [2.45, 2.75) is 39.8 Å². The molecule has 2 aromatic carbocycles. The highest BCUT2D eigenvalue weighted by Gasteiger charge is 2.33. The molecule has 0 N–H and O–H groups in total.